The number of carboxylic acids is 1. The van der Waals surface area contributed by atoms with Gasteiger partial charge in [-0.2, -0.15) is 0 Å². The average molecular weight is 371 g/mol. The van der Waals surface area contributed by atoms with Crippen LogP contribution in [0.4, 0.5) is 0 Å². The molecule has 2 heterocycles. The Kier molecular flexibility index (Phi) is 4.33. The SMILES string of the molecule is O=C(O)C1CC2CCCCC2N1C(=O)Cn1c(=O)[nH]c2ccccc2c1=O. The van der Waals surface area contributed by atoms with Crippen LogP contribution in [0.25, 0.3) is 10.9 Å². The lowest BCUT2D eigenvalue weighted by Gasteiger charge is -2.33. The number of likely N-dealkylation sites (tertiary alicyclic amines) is 1. The standard InChI is InChI=1S/C19H21N3O5/c23-16(22-14-8-4-1-5-11(14)9-15(22)18(25)26)10-21-17(24)12-6-2-3-7-13(12)20-19(21)27/h2-3,6-7,11,14-15H,1,4-5,8-10H2,(H,20,27)(H,25,26). The van der Waals surface area contributed by atoms with Gasteiger partial charge in [-0.1, -0.05) is 25.0 Å². The third-order valence-corrected chi connectivity index (χ3v) is 5.84. The van der Waals surface area contributed by atoms with Crippen LogP contribution in [-0.2, 0) is 16.1 Å². The van der Waals surface area contributed by atoms with Crippen molar-refractivity contribution in [3.05, 3.63) is 45.1 Å². The lowest BCUT2D eigenvalue weighted by molar-refractivity contribution is -0.150. The molecule has 8 nitrogen and oxygen atoms in total. The summed E-state index contributed by atoms with van der Waals surface area (Å²) in [5.74, 6) is -1.34. The van der Waals surface area contributed by atoms with Gasteiger partial charge < -0.3 is 15.0 Å². The normalized spacial score (nSPS) is 24.7. The highest BCUT2D eigenvalue weighted by molar-refractivity contribution is 5.85. The molecule has 1 aromatic heterocycles. The number of aliphatic carboxylic acids is 1. The Morgan fingerprint density at radius 1 is 1.15 bits per heavy atom. The first kappa shape index (κ1) is 17.5. The van der Waals surface area contributed by atoms with Gasteiger partial charge in [-0.05, 0) is 37.3 Å². The Balaban J connectivity index is 1.69. The van der Waals surface area contributed by atoms with Gasteiger partial charge in [-0.25, -0.2) is 9.59 Å². The van der Waals surface area contributed by atoms with E-state index in [0.29, 0.717) is 17.3 Å². The number of nitrogens with one attached hydrogen (secondary N) is 1. The maximum absolute atomic E-state index is 13.0. The Labute approximate surface area is 154 Å². The fourth-order valence-corrected chi connectivity index (χ4v) is 4.60. The maximum Gasteiger partial charge on any atom is 0.329 e. The van der Waals surface area contributed by atoms with Crippen molar-refractivity contribution < 1.29 is 14.7 Å². The number of para-hydroxylation sites is 1. The highest BCUT2D eigenvalue weighted by Crippen LogP contribution is 2.39. The van der Waals surface area contributed by atoms with Gasteiger partial charge in [0.2, 0.25) is 5.91 Å². The summed E-state index contributed by atoms with van der Waals surface area (Å²) in [7, 11) is 0. The molecule has 2 fully saturated rings. The number of nitrogens with zero attached hydrogens (tertiary/aromatic N) is 2. The summed E-state index contributed by atoms with van der Waals surface area (Å²) in [6.07, 6.45) is 4.11. The van der Waals surface area contributed by atoms with Crippen molar-refractivity contribution in [2.45, 2.75) is 50.7 Å². The Bertz CT molecular complexity index is 1020. The summed E-state index contributed by atoms with van der Waals surface area (Å²) in [6, 6.07) is 5.59. The summed E-state index contributed by atoms with van der Waals surface area (Å²) in [4.78, 5) is 53.7. The Morgan fingerprint density at radius 2 is 1.89 bits per heavy atom. The second-order valence-corrected chi connectivity index (χ2v) is 7.37. The first-order valence-electron chi connectivity index (χ1n) is 9.23. The lowest BCUT2D eigenvalue weighted by atomic mass is 9.85. The molecule has 142 valence electrons. The molecule has 3 unspecified atom stereocenters. The number of hydrogen-bond acceptors (Lipinski definition) is 4. The van der Waals surface area contributed by atoms with Gasteiger partial charge in [-0.15, -0.1) is 0 Å². The molecule has 0 spiro atoms. The van der Waals surface area contributed by atoms with Gasteiger partial charge >= 0.3 is 11.7 Å². The number of H-pyrrole nitrogens is 1. The number of benzene rings is 1. The van der Waals surface area contributed by atoms with Crippen molar-refractivity contribution in [3.63, 3.8) is 0 Å². The molecule has 2 aromatic rings. The smallest absolute Gasteiger partial charge is 0.329 e. The summed E-state index contributed by atoms with van der Waals surface area (Å²) >= 11 is 0. The van der Waals surface area contributed by atoms with E-state index in [9.17, 15) is 24.3 Å². The van der Waals surface area contributed by atoms with E-state index in [1.54, 1.807) is 24.3 Å². The molecule has 1 aliphatic heterocycles. The molecule has 2 aliphatic rings. The van der Waals surface area contributed by atoms with Crippen LogP contribution in [0.15, 0.2) is 33.9 Å². The molecule has 3 atom stereocenters. The van der Waals surface area contributed by atoms with Crippen molar-refractivity contribution in [1.82, 2.24) is 14.5 Å². The molecule has 4 rings (SSSR count). The zero-order valence-electron chi connectivity index (χ0n) is 14.8. The quantitative estimate of drug-likeness (QED) is 0.834. The van der Waals surface area contributed by atoms with Crippen LogP contribution in [0.2, 0.25) is 0 Å². The monoisotopic (exact) mass is 371 g/mol. The average Bonchev–Trinajstić information content (AvgIpc) is 3.05. The minimum absolute atomic E-state index is 0.123. The molecule has 1 aromatic carbocycles. The number of fused-ring (bicyclic) bond motifs is 2. The van der Waals surface area contributed by atoms with Crippen LogP contribution in [0, 0.1) is 5.92 Å². The topological polar surface area (TPSA) is 112 Å². The van der Waals surface area contributed by atoms with Crippen molar-refractivity contribution in [2.24, 2.45) is 5.92 Å². The van der Waals surface area contributed by atoms with Crippen LogP contribution in [0.3, 0.4) is 0 Å². The van der Waals surface area contributed by atoms with Crippen LogP contribution >= 0.6 is 0 Å². The first-order chi connectivity index (χ1) is 13.0. The van der Waals surface area contributed by atoms with E-state index in [-0.39, 0.29) is 12.0 Å². The maximum atomic E-state index is 13.0. The van der Waals surface area contributed by atoms with Gasteiger partial charge in [0, 0.05) is 6.04 Å². The molecular weight excluding hydrogens is 350 g/mol. The molecule has 1 aliphatic carbocycles. The van der Waals surface area contributed by atoms with E-state index in [1.165, 1.54) is 4.90 Å². The molecule has 1 amide bonds. The number of carbonyl (C=O) groups is 2. The molecular formula is C19H21N3O5. The minimum atomic E-state index is -1.03. The van der Waals surface area contributed by atoms with E-state index < -0.39 is 35.7 Å². The zero-order valence-corrected chi connectivity index (χ0v) is 14.8. The van der Waals surface area contributed by atoms with Crippen molar-refractivity contribution in [3.8, 4) is 0 Å². The molecule has 2 N–H and O–H groups in total. The number of carbonyl (C=O) groups excluding carboxylic acids is 1. The van der Waals surface area contributed by atoms with E-state index >= 15 is 0 Å². The second kappa shape index (κ2) is 6.68. The van der Waals surface area contributed by atoms with E-state index in [1.807, 2.05) is 0 Å². The van der Waals surface area contributed by atoms with Gasteiger partial charge in [0.05, 0.1) is 10.9 Å². The van der Waals surface area contributed by atoms with E-state index in [0.717, 1.165) is 30.3 Å². The van der Waals surface area contributed by atoms with Gasteiger partial charge in [0.15, 0.2) is 0 Å². The number of aromatic nitrogens is 2. The zero-order chi connectivity index (χ0) is 19.1. The number of amides is 1. The molecule has 0 radical (unpaired) electrons. The molecule has 1 saturated heterocycles. The first-order valence-corrected chi connectivity index (χ1v) is 9.23. The minimum Gasteiger partial charge on any atom is -0.480 e. The number of aromatic amines is 1. The molecule has 0 bridgehead atoms. The summed E-state index contributed by atoms with van der Waals surface area (Å²) in [5, 5.41) is 9.88. The van der Waals surface area contributed by atoms with Crippen LogP contribution in [-0.4, -0.2) is 43.5 Å². The fourth-order valence-electron chi connectivity index (χ4n) is 4.60. The lowest BCUT2D eigenvalue weighted by Crippen LogP contribution is -2.49. The second-order valence-electron chi connectivity index (χ2n) is 7.37. The van der Waals surface area contributed by atoms with Crippen molar-refractivity contribution in [2.75, 3.05) is 0 Å². The number of carboxylic acid groups (broad SMARTS) is 1. The highest BCUT2D eigenvalue weighted by atomic mass is 16.4. The van der Waals surface area contributed by atoms with E-state index in [2.05, 4.69) is 4.98 Å². The predicted molar refractivity (Wildman–Crippen MR) is 97.5 cm³/mol. The summed E-state index contributed by atoms with van der Waals surface area (Å²) in [6.45, 7) is -0.452. The van der Waals surface area contributed by atoms with Gasteiger partial charge in [-0.3, -0.25) is 14.2 Å². The third kappa shape index (κ3) is 2.94. The summed E-state index contributed by atoms with van der Waals surface area (Å²) < 4.78 is 0.861. The number of hydrogen-bond donors (Lipinski definition) is 2. The Hall–Kier alpha value is -2.90. The van der Waals surface area contributed by atoms with Crippen LogP contribution in [0.1, 0.15) is 32.1 Å². The third-order valence-electron chi connectivity index (χ3n) is 5.84. The Morgan fingerprint density at radius 3 is 2.67 bits per heavy atom. The predicted octanol–water partition coefficient (Wildman–Crippen LogP) is 0.934. The van der Waals surface area contributed by atoms with Crippen molar-refractivity contribution >= 4 is 22.8 Å². The summed E-state index contributed by atoms with van der Waals surface area (Å²) in [5.41, 5.74) is -0.805. The highest BCUT2D eigenvalue weighted by Gasteiger charge is 2.47. The number of rotatable bonds is 3. The molecule has 27 heavy (non-hydrogen) atoms. The largest absolute Gasteiger partial charge is 0.480 e. The van der Waals surface area contributed by atoms with Crippen molar-refractivity contribution in [1.29, 1.82) is 0 Å². The molecule has 1 saturated carbocycles. The molecule has 8 heteroatoms. The van der Waals surface area contributed by atoms with Gasteiger partial charge in [0.25, 0.3) is 5.56 Å². The fraction of sp³-hybridized carbons (Fsp3) is 0.474. The van der Waals surface area contributed by atoms with Crippen LogP contribution in [0.5, 0.6) is 0 Å². The van der Waals surface area contributed by atoms with E-state index in [4.69, 9.17) is 0 Å². The van der Waals surface area contributed by atoms with Crippen LogP contribution < -0.4 is 11.2 Å². The van der Waals surface area contributed by atoms with Gasteiger partial charge in [0.1, 0.15) is 12.6 Å².